The van der Waals surface area contributed by atoms with Gasteiger partial charge in [-0.1, -0.05) is 95.2 Å². The topological polar surface area (TPSA) is 0 Å². The maximum Gasteiger partial charge on any atom is 0.416 e. The molecular formula is C27H35F3. The van der Waals surface area contributed by atoms with Gasteiger partial charge in [-0.15, -0.1) is 0 Å². The van der Waals surface area contributed by atoms with E-state index in [9.17, 15) is 13.2 Å². The van der Waals surface area contributed by atoms with Crippen LogP contribution in [0, 0.1) is 17.8 Å². The first-order valence-electron chi connectivity index (χ1n) is 11.6. The van der Waals surface area contributed by atoms with E-state index in [1.807, 2.05) is 12.1 Å². The number of rotatable bonds is 8. The molecule has 0 heterocycles. The number of aryl methyl sites for hydroxylation is 1. The molecule has 1 aliphatic carbocycles. The highest BCUT2D eigenvalue weighted by atomic mass is 19.4. The molecule has 1 atom stereocenters. The third-order valence-electron chi connectivity index (χ3n) is 7.07. The van der Waals surface area contributed by atoms with Crippen molar-refractivity contribution in [3.8, 4) is 11.1 Å². The predicted octanol–water partition coefficient (Wildman–Crippen LogP) is 8.94. The van der Waals surface area contributed by atoms with Crippen molar-refractivity contribution in [2.75, 3.05) is 0 Å². The first-order valence-corrected chi connectivity index (χ1v) is 11.6. The highest BCUT2D eigenvalue weighted by Crippen LogP contribution is 2.35. The first kappa shape index (κ1) is 22.9. The fourth-order valence-electron chi connectivity index (χ4n) is 4.62. The Labute approximate surface area is 179 Å². The molecule has 0 saturated heterocycles. The Hall–Kier alpha value is -1.77. The molecule has 2 aromatic rings. The molecule has 0 N–H and O–H groups in total. The average molecular weight is 417 g/mol. The summed E-state index contributed by atoms with van der Waals surface area (Å²) in [6.07, 6.45) is 7.69. The Morgan fingerprint density at radius 2 is 1.30 bits per heavy atom. The molecule has 3 heteroatoms. The summed E-state index contributed by atoms with van der Waals surface area (Å²) in [5, 5.41) is 0. The summed E-state index contributed by atoms with van der Waals surface area (Å²) >= 11 is 0. The third kappa shape index (κ3) is 6.62. The van der Waals surface area contributed by atoms with Crippen molar-refractivity contribution in [3.63, 3.8) is 0 Å². The lowest BCUT2D eigenvalue weighted by molar-refractivity contribution is -0.137. The Balaban J connectivity index is 1.44. The maximum absolute atomic E-state index is 12.7. The van der Waals surface area contributed by atoms with E-state index in [-0.39, 0.29) is 0 Å². The van der Waals surface area contributed by atoms with E-state index in [0.29, 0.717) is 0 Å². The molecule has 1 saturated carbocycles. The van der Waals surface area contributed by atoms with Crippen LogP contribution in [0.3, 0.4) is 0 Å². The van der Waals surface area contributed by atoms with Gasteiger partial charge in [-0.2, -0.15) is 13.2 Å². The fourth-order valence-corrected chi connectivity index (χ4v) is 4.62. The van der Waals surface area contributed by atoms with Gasteiger partial charge in [0.2, 0.25) is 0 Å². The summed E-state index contributed by atoms with van der Waals surface area (Å²) in [5.41, 5.74) is 2.52. The van der Waals surface area contributed by atoms with Crippen LogP contribution in [0.15, 0.2) is 48.5 Å². The normalized spacial score (nSPS) is 20.8. The van der Waals surface area contributed by atoms with Crippen molar-refractivity contribution in [2.45, 2.75) is 77.8 Å². The van der Waals surface area contributed by atoms with Crippen LogP contribution in [0.25, 0.3) is 11.1 Å². The van der Waals surface area contributed by atoms with Crippen LogP contribution in [0.2, 0.25) is 0 Å². The van der Waals surface area contributed by atoms with Gasteiger partial charge in [0, 0.05) is 0 Å². The largest absolute Gasteiger partial charge is 0.416 e. The molecule has 1 fully saturated rings. The van der Waals surface area contributed by atoms with Gasteiger partial charge in [0.15, 0.2) is 0 Å². The van der Waals surface area contributed by atoms with Crippen LogP contribution in [-0.4, -0.2) is 0 Å². The van der Waals surface area contributed by atoms with Gasteiger partial charge in [-0.3, -0.25) is 0 Å². The number of benzene rings is 2. The zero-order valence-electron chi connectivity index (χ0n) is 18.3. The minimum absolute atomic E-state index is 0.600. The summed E-state index contributed by atoms with van der Waals surface area (Å²) in [7, 11) is 0. The Morgan fingerprint density at radius 3 is 1.80 bits per heavy atom. The van der Waals surface area contributed by atoms with Gasteiger partial charge in [-0.25, -0.2) is 0 Å². The zero-order valence-corrected chi connectivity index (χ0v) is 18.3. The lowest BCUT2D eigenvalue weighted by Crippen LogP contribution is -2.15. The molecule has 0 amide bonds. The predicted molar refractivity (Wildman–Crippen MR) is 119 cm³/mol. The molecular weight excluding hydrogens is 381 g/mol. The zero-order chi connectivity index (χ0) is 21.6. The SMILES string of the molecule is CCC(C)CCC1CCC(CCc2ccc(-c3ccc(C(F)(F)F)cc3)cc2)CC1. The van der Waals surface area contributed by atoms with Crippen LogP contribution in [-0.2, 0) is 12.6 Å². The Bertz CT molecular complexity index is 750. The Morgan fingerprint density at radius 1 is 0.800 bits per heavy atom. The van der Waals surface area contributed by atoms with E-state index in [4.69, 9.17) is 0 Å². The summed E-state index contributed by atoms with van der Waals surface area (Å²) in [6, 6.07) is 13.7. The highest BCUT2D eigenvalue weighted by molar-refractivity contribution is 5.64. The molecule has 2 aromatic carbocycles. The van der Waals surface area contributed by atoms with Crippen LogP contribution < -0.4 is 0 Å². The smallest absolute Gasteiger partial charge is 0.166 e. The first-order chi connectivity index (χ1) is 14.3. The molecule has 0 aliphatic heterocycles. The van der Waals surface area contributed by atoms with Gasteiger partial charge < -0.3 is 0 Å². The van der Waals surface area contributed by atoms with Crippen LogP contribution in [0.4, 0.5) is 13.2 Å². The number of alkyl halides is 3. The summed E-state index contributed by atoms with van der Waals surface area (Å²) in [4.78, 5) is 0. The van der Waals surface area contributed by atoms with Gasteiger partial charge in [0.1, 0.15) is 0 Å². The van der Waals surface area contributed by atoms with Crippen molar-refractivity contribution >= 4 is 0 Å². The summed E-state index contributed by atoms with van der Waals surface area (Å²) in [5.74, 6) is 2.66. The number of hydrogen-bond acceptors (Lipinski definition) is 0. The number of halogens is 3. The second-order valence-corrected chi connectivity index (χ2v) is 9.29. The summed E-state index contributed by atoms with van der Waals surface area (Å²) in [6.45, 7) is 4.66. The molecule has 0 spiro atoms. The second kappa shape index (κ2) is 10.5. The van der Waals surface area contributed by atoms with Crippen molar-refractivity contribution in [1.29, 1.82) is 0 Å². The number of hydrogen-bond donors (Lipinski definition) is 0. The quantitative estimate of drug-likeness (QED) is 0.403. The van der Waals surface area contributed by atoms with Gasteiger partial charge in [-0.05, 0) is 59.4 Å². The lowest BCUT2D eigenvalue weighted by Gasteiger charge is -2.29. The van der Waals surface area contributed by atoms with Gasteiger partial charge >= 0.3 is 6.18 Å². The standard InChI is InChI=1S/C27H35F3/c1-3-20(2)4-5-21-6-8-22(9-7-21)10-11-23-12-14-24(15-13-23)25-16-18-26(19-17-25)27(28,29)30/h12-22H,3-11H2,1-2H3. The van der Waals surface area contributed by atoms with Gasteiger partial charge in [0.25, 0.3) is 0 Å². The minimum atomic E-state index is -4.28. The highest BCUT2D eigenvalue weighted by Gasteiger charge is 2.30. The van der Waals surface area contributed by atoms with Crippen molar-refractivity contribution in [1.82, 2.24) is 0 Å². The molecule has 1 unspecified atom stereocenters. The molecule has 0 bridgehead atoms. The van der Waals surface area contributed by atoms with Crippen LogP contribution in [0.1, 0.15) is 76.3 Å². The molecule has 0 nitrogen and oxygen atoms in total. The molecule has 164 valence electrons. The van der Waals surface area contributed by atoms with Crippen molar-refractivity contribution in [3.05, 3.63) is 59.7 Å². The average Bonchev–Trinajstić information content (AvgIpc) is 2.76. The third-order valence-corrected chi connectivity index (χ3v) is 7.07. The van der Waals surface area contributed by atoms with Crippen LogP contribution in [0.5, 0.6) is 0 Å². The summed E-state index contributed by atoms with van der Waals surface area (Å²) < 4.78 is 38.2. The van der Waals surface area contributed by atoms with E-state index in [2.05, 4.69) is 26.0 Å². The molecule has 0 radical (unpaired) electrons. The van der Waals surface area contributed by atoms with Crippen molar-refractivity contribution < 1.29 is 13.2 Å². The van der Waals surface area contributed by atoms with E-state index in [1.54, 1.807) is 12.1 Å². The van der Waals surface area contributed by atoms with E-state index in [1.165, 1.54) is 56.9 Å². The van der Waals surface area contributed by atoms with E-state index in [0.717, 1.165) is 47.4 Å². The lowest BCUT2D eigenvalue weighted by atomic mass is 9.77. The fraction of sp³-hybridized carbons (Fsp3) is 0.556. The molecule has 0 aromatic heterocycles. The Kier molecular flexibility index (Phi) is 8.02. The van der Waals surface area contributed by atoms with Crippen LogP contribution >= 0.6 is 0 Å². The minimum Gasteiger partial charge on any atom is -0.166 e. The monoisotopic (exact) mass is 416 g/mol. The molecule has 3 rings (SSSR count). The van der Waals surface area contributed by atoms with Gasteiger partial charge in [0.05, 0.1) is 5.56 Å². The van der Waals surface area contributed by atoms with Crippen molar-refractivity contribution in [2.24, 2.45) is 17.8 Å². The molecule has 1 aliphatic rings. The second-order valence-electron chi connectivity index (χ2n) is 9.29. The molecule has 30 heavy (non-hydrogen) atoms. The van der Waals surface area contributed by atoms with E-state index < -0.39 is 11.7 Å². The van der Waals surface area contributed by atoms with E-state index >= 15 is 0 Å². The maximum atomic E-state index is 12.7.